The molecule has 2 atom stereocenters. The van der Waals surface area contributed by atoms with Gasteiger partial charge in [-0.25, -0.2) is 4.79 Å². The van der Waals surface area contributed by atoms with Gasteiger partial charge in [0.15, 0.2) is 0 Å². The van der Waals surface area contributed by atoms with Crippen LogP contribution in [0.15, 0.2) is 24.3 Å². The van der Waals surface area contributed by atoms with Crippen molar-refractivity contribution in [3.63, 3.8) is 0 Å². The van der Waals surface area contributed by atoms with Gasteiger partial charge in [-0.3, -0.25) is 0 Å². The molecule has 0 heterocycles. The lowest BCUT2D eigenvalue weighted by Crippen LogP contribution is -2.12. The van der Waals surface area contributed by atoms with Crippen LogP contribution in [0.1, 0.15) is 48.5 Å². The van der Waals surface area contributed by atoms with Gasteiger partial charge in [0, 0.05) is 0 Å². The van der Waals surface area contributed by atoms with Crippen molar-refractivity contribution in [1.29, 1.82) is 0 Å². The third-order valence-corrected chi connectivity index (χ3v) is 2.75. The average molecular weight is 222 g/mol. The number of rotatable bonds is 5. The molecule has 1 aromatic carbocycles. The third-order valence-electron chi connectivity index (χ3n) is 2.75. The molecule has 0 amide bonds. The van der Waals surface area contributed by atoms with Gasteiger partial charge < -0.3 is 10.2 Å². The second-order valence-corrected chi connectivity index (χ2v) is 4.08. The summed E-state index contributed by atoms with van der Waals surface area (Å²) < 4.78 is 0. The van der Waals surface area contributed by atoms with Crippen LogP contribution in [0.5, 0.6) is 0 Å². The van der Waals surface area contributed by atoms with Gasteiger partial charge in [-0.1, -0.05) is 25.1 Å². The van der Waals surface area contributed by atoms with Crippen molar-refractivity contribution < 1.29 is 15.0 Å². The maximum absolute atomic E-state index is 11.1. The Balaban J connectivity index is 3.04. The standard InChI is InChI=1S/C13H18O3/c1-3-10(8-9(2)14)11-6-4-5-7-12(11)13(15)16/h4-7,9-10,14H,3,8H2,1-2H3,(H,15,16). The average Bonchev–Trinajstić information content (AvgIpc) is 2.25. The molecule has 3 heteroatoms. The van der Waals surface area contributed by atoms with Crippen LogP contribution in [0.3, 0.4) is 0 Å². The van der Waals surface area contributed by atoms with Crippen LogP contribution in [-0.4, -0.2) is 22.3 Å². The van der Waals surface area contributed by atoms with E-state index in [2.05, 4.69) is 0 Å². The van der Waals surface area contributed by atoms with E-state index in [0.717, 1.165) is 12.0 Å². The Morgan fingerprint density at radius 3 is 2.50 bits per heavy atom. The van der Waals surface area contributed by atoms with Gasteiger partial charge in [-0.15, -0.1) is 0 Å². The largest absolute Gasteiger partial charge is 0.478 e. The predicted molar refractivity (Wildman–Crippen MR) is 62.7 cm³/mol. The summed E-state index contributed by atoms with van der Waals surface area (Å²) in [6.45, 7) is 3.73. The van der Waals surface area contributed by atoms with E-state index in [1.165, 1.54) is 0 Å². The van der Waals surface area contributed by atoms with Gasteiger partial charge >= 0.3 is 5.97 Å². The summed E-state index contributed by atoms with van der Waals surface area (Å²) in [6, 6.07) is 7.01. The lowest BCUT2D eigenvalue weighted by atomic mass is 9.88. The lowest BCUT2D eigenvalue weighted by Gasteiger charge is -2.18. The summed E-state index contributed by atoms with van der Waals surface area (Å²) >= 11 is 0. The molecule has 16 heavy (non-hydrogen) atoms. The first-order valence-electron chi connectivity index (χ1n) is 5.56. The Labute approximate surface area is 95.7 Å². The zero-order chi connectivity index (χ0) is 12.1. The minimum absolute atomic E-state index is 0.104. The van der Waals surface area contributed by atoms with E-state index in [4.69, 9.17) is 5.11 Å². The molecular formula is C13H18O3. The van der Waals surface area contributed by atoms with Crippen LogP contribution >= 0.6 is 0 Å². The van der Waals surface area contributed by atoms with Crippen molar-refractivity contribution in [1.82, 2.24) is 0 Å². The number of aliphatic hydroxyl groups excluding tert-OH is 1. The number of carbonyl (C=O) groups is 1. The van der Waals surface area contributed by atoms with E-state index in [0.29, 0.717) is 12.0 Å². The Morgan fingerprint density at radius 2 is 2.00 bits per heavy atom. The highest BCUT2D eigenvalue weighted by Gasteiger charge is 2.18. The van der Waals surface area contributed by atoms with Crippen LogP contribution < -0.4 is 0 Å². The summed E-state index contributed by atoms with van der Waals surface area (Å²) in [5.74, 6) is -0.799. The van der Waals surface area contributed by atoms with E-state index >= 15 is 0 Å². The highest BCUT2D eigenvalue weighted by Crippen LogP contribution is 2.27. The van der Waals surface area contributed by atoms with Crippen LogP contribution in [0.4, 0.5) is 0 Å². The molecule has 0 aromatic heterocycles. The number of hydrogen-bond acceptors (Lipinski definition) is 2. The van der Waals surface area contributed by atoms with Crippen LogP contribution in [0, 0.1) is 0 Å². The first-order chi connectivity index (χ1) is 7.56. The van der Waals surface area contributed by atoms with Crippen molar-refractivity contribution in [2.75, 3.05) is 0 Å². The molecule has 2 unspecified atom stereocenters. The van der Waals surface area contributed by atoms with Crippen molar-refractivity contribution in [2.24, 2.45) is 0 Å². The normalized spacial score (nSPS) is 14.4. The molecule has 0 saturated carbocycles. The lowest BCUT2D eigenvalue weighted by molar-refractivity contribution is 0.0694. The van der Waals surface area contributed by atoms with Gasteiger partial charge in [0.05, 0.1) is 11.7 Å². The molecule has 1 aromatic rings. The molecular weight excluding hydrogens is 204 g/mol. The van der Waals surface area contributed by atoms with E-state index in [9.17, 15) is 9.90 Å². The molecule has 1 rings (SSSR count). The number of carboxylic acids is 1. The molecule has 0 aliphatic carbocycles. The SMILES string of the molecule is CCC(CC(C)O)c1ccccc1C(=O)O. The smallest absolute Gasteiger partial charge is 0.335 e. The fourth-order valence-electron chi connectivity index (χ4n) is 1.97. The second-order valence-electron chi connectivity index (χ2n) is 4.08. The van der Waals surface area contributed by atoms with Crippen molar-refractivity contribution in [2.45, 2.75) is 38.7 Å². The molecule has 0 aliphatic heterocycles. The van der Waals surface area contributed by atoms with Crippen molar-refractivity contribution >= 4 is 5.97 Å². The quantitative estimate of drug-likeness (QED) is 0.805. The Kier molecular flexibility index (Phi) is 4.50. The highest BCUT2D eigenvalue weighted by molar-refractivity contribution is 5.89. The summed E-state index contributed by atoms with van der Waals surface area (Å²) in [6.07, 6.45) is 1.02. The summed E-state index contributed by atoms with van der Waals surface area (Å²) in [5, 5.41) is 18.5. The number of benzene rings is 1. The predicted octanol–water partition coefficient (Wildman–Crippen LogP) is 2.65. The Hall–Kier alpha value is -1.35. The van der Waals surface area contributed by atoms with Crippen LogP contribution in [-0.2, 0) is 0 Å². The first-order valence-corrected chi connectivity index (χ1v) is 5.56. The molecule has 0 spiro atoms. The molecule has 3 nitrogen and oxygen atoms in total. The number of carboxylic acid groups (broad SMARTS) is 1. The summed E-state index contributed by atoms with van der Waals surface area (Å²) in [7, 11) is 0. The molecule has 2 N–H and O–H groups in total. The topological polar surface area (TPSA) is 57.5 Å². The molecule has 0 radical (unpaired) electrons. The molecule has 88 valence electrons. The van der Waals surface area contributed by atoms with Gasteiger partial charge in [-0.2, -0.15) is 0 Å². The van der Waals surface area contributed by atoms with E-state index in [-0.39, 0.29) is 5.92 Å². The third kappa shape index (κ3) is 3.07. The van der Waals surface area contributed by atoms with Gasteiger partial charge in [0.1, 0.15) is 0 Å². The minimum atomic E-state index is -0.903. The van der Waals surface area contributed by atoms with Gasteiger partial charge in [-0.05, 0) is 37.3 Å². The Bertz CT molecular complexity index is 358. The first kappa shape index (κ1) is 12.7. The van der Waals surface area contributed by atoms with E-state index in [1.807, 2.05) is 19.1 Å². The van der Waals surface area contributed by atoms with Crippen molar-refractivity contribution in [3.05, 3.63) is 35.4 Å². The fourth-order valence-corrected chi connectivity index (χ4v) is 1.97. The zero-order valence-corrected chi connectivity index (χ0v) is 9.68. The molecule has 0 bridgehead atoms. The highest BCUT2D eigenvalue weighted by atomic mass is 16.4. The fraction of sp³-hybridized carbons (Fsp3) is 0.462. The summed E-state index contributed by atoms with van der Waals surface area (Å²) in [5.41, 5.74) is 1.16. The summed E-state index contributed by atoms with van der Waals surface area (Å²) in [4.78, 5) is 11.1. The van der Waals surface area contributed by atoms with Crippen LogP contribution in [0.25, 0.3) is 0 Å². The van der Waals surface area contributed by atoms with Gasteiger partial charge in [0.2, 0.25) is 0 Å². The number of aromatic carboxylic acids is 1. The van der Waals surface area contributed by atoms with E-state index < -0.39 is 12.1 Å². The van der Waals surface area contributed by atoms with E-state index in [1.54, 1.807) is 19.1 Å². The Morgan fingerprint density at radius 1 is 1.38 bits per heavy atom. The molecule has 0 saturated heterocycles. The minimum Gasteiger partial charge on any atom is -0.478 e. The van der Waals surface area contributed by atoms with Crippen LogP contribution in [0.2, 0.25) is 0 Å². The maximum atomic E-state index is 11.1. The monoisotopic (exact) mass is 222 g/mol. The zero-order valence-electron chi connectivity index (χ0n) is 9.68. The number of aliphatic hydroxyl groups is 1. The molecule has 0 aliphatic rings. The molecule has 0 fully saturated rings. The second kappa shape index (κ2) is 5.66. The van der Waals surface area contributed by atoms with Crippen molar-refractivity contribution in [3.8, 4) is 0 Å². The maximum Gasteiger partial charge on any atom is 0.335 e. The number of hydrogen-bond donors (Lipinski definition) is 2. The van der Waals surface area contributed by atoms with Gasteiger partial charge in [0.25, 0.3) is 0 Å².